The van der Waals surface area contributed by atoms with Gasteiger partial charge >= 0.3 is 6.03 Å². The maximum absolute atomic E-state index is 11.9. The molecule has 0 bridgehead atoms. The summed E-state index contributed by atoms with van der Waals surface area (Å²) in [5.74, 6) is -0.347. The molecule has 0 aliphatic carbocycles. The minimum Gasteiger partial charge on any atom is -0.350 e. The fraction of sp³-hybridized carbons (Fsp3) is 0.0667. The third-order valence-corrected chi connectivity index (χ3v) is 3.31. The minimum atomic E-state index is -0.800. The van der Waals surface area contributed by atoms with Crippen LogP contribution in [0.25, 0.3) is 21.8 Å². The van der Waals surface area contributed by atoms with E-state index < -0.39 is 6.03 Å². The van der Waals surface area contributed by atoms with Crippen molar-refractivity contribution >= 4 is 33.7 Å². The quantitative estimate of drug-likeness (QED) is 0.622. The number of benzene rings is 2. The van der Waals surface area contributed by atoms with E-state index in [2.05, 4.69) is 10.9 Å². The van der Waals surface area contributed by atoms with Crippen molar-refractivity contribution in [2.45, 2.75) is 6.54 Å². The van der Waals surface area contributed by atoms with Crippen molar-refractivity contribution < 1.29 is 9.59 Å². The molecule has 2 aromatic carbocycles. The number of hydrogen-bond acceptors (Lipinski definition) is 2. The first kappa shape index (κ1) is 13.0. The van der Waals surface area contributed by atoms with Crippen LogP contribution in [-0.4, -0.2) is 16.5 Å². The Labute approximate surface area is 120 Å². The Kier molecular flexibility index (Phi) is 3.19. The Hall–Kier alpha value is -3.02. The van der Waals surface area contributed by atoms with E-state index in [9.17, 15) is 9.59 Å². The summed E-state index contributed by atoms with van der Waals surface area (Å²) < 4.78 is 1.91. The predicted molar refractivity (Wildman–Crippen MR) is 80.3 cm³/mol. The molecular formula is C15H14N4O2. The Morgan fingerprint density at radius 1 is 0.905 bits per heavy atom. The molecule has 0 atom stereocenters. The number of aromatic nitrogens is 1. The van der Waals surface area contributed by atoms with Gasteiger partial charge in [0.05, 0.1) is 0 Å². The van der Waals surface area contributed by atoms with Gasteiger partial charge in [-0.1, -0.05) is 36.4 Å². The summed E-state index contributed by atoms with van der Waals surface area (Å²) in [6.07, 6.45) is 0. The number of hydrogen-bond donors (Lipinski definition) is 3. The van der Waals surface area contributed by atoms with Gasteiger partial charge < -0.3 is 10.3 Å². The lowest BCUT2D eigenvalue weighted by Gasteiger charge is -2.08. The highest BCUT2D eigenvalue weighted by atomic mass is 16.2. The van der Waals surface area contributed by atoms with Gasteiger partial charge in [-0.05, 0) is 12.1 Å². The molecule has 0 unspecified atom stereocenters. The maximum atomic E-state index is 11.9. The van der Waals surface area contributed by atoms with Crippen LogP contribution in [-0.2, 0) is 11.3 Å². The first-order chi connectivity index (χ1) is 10.2. The lowest BCUT2D eigenvalue weighted by Crippen LogP contribution is -2.45. The van der Waals surface area contributed by atoms with Crippen LogP contribution in [0.3, 0.4) is 0 Å². The molecule has 21 heavy (non-hydrogen) atoms. The Morgan fingerprint density at radius 3 is 1.95 bits per heavy atom. The number of nitrogens with zero attached hydrogens (tertiary/aromatic N) is 1. The molecule has 6 nitrogen and oxygen atoms in total. The number of nitrogens with two attached hydrogens (primary N) is 1. The molecule has 1 aromatic heterocycles. The second-order valence-electron chi connectivity index (χ2n) is 4.66. The molecule has 6 heteroatoms. The van der Waals surface area contributed by atoms with Gasteiger partial charge in [-0.3, -0.25) is 10.2 Å². The molecule has 0 aliphatic heterocycles. The molecule has 0 spiro atoms. The van der Waals surface area contributed by atoms with E-state index in [0.29, 0.717) is 0 Å². The highest BCUT2D eigenvalue weighted by molar-refractivity contribution is 6.08. The summed E-state index contributed by atoms with van der Waals surface area (Å²) in [7, 11) is 0. The van der Waals surface area contributed by atoms with Crippen molar-refractivity contribution in [2.24, 2.45) is 5.73 Å². The van der Waals surface area contributed by atoms with Gasteiger partial charge in [-0.2, -0.15) is 0 Å². The molecule has 1 heterocycles. The van der Waals surface area contributed by atoms with Crippen LogP contribution in [0.1, 0.15) is 0 Å². The smallest absolute Gasteiger partial charge is 0.330 e. The summed E-state index contributed by atoms with van der Waals surface area (Å²) in [6.45, 7) is 0.0916. The van der Waals surface area contributed by atoms with E-state index in [4.69, 9.17) is 5.73 Å². The van der Waals surface area contributed by atoms with E-state index in [1.807, 2.05) is 53.1 Å². The number of fused-ring (bicyclic) bond motifs is 3. The zero-order chi connectivity index (χ0) is 14.8. The highest BCUT2D eigenvalue weighted by Crippen LogP contribution is 2.28. The van der Waals surface area contributed by atoms with E-state index in [1.165, 1.54) is 0 Å². The largest absolute Gasteiger partial charge is 0.350 e. The molecule has 0 saturated heterocycles. The zero-order valence-electron chi connectivity index (χ0n) is 11.2. The number of carbonyl (C=O) groups excluding carboxylic acids is 2. The number of amides is 3. The first-order valence-corrected chi connectivity index (χ1v) is 6.47. The van der Waals surface area contributed by atoms with Crippen LogP contribution >= 0.6 is 0 Å². The number of primary amides is 1. The molecule has 106 valence electrons. The topological polar surface area (TPSA) is 89.2 Å². The van der Waals surface area contributed by atoms with E-state index in [1.54, 1.807) is 0 Å². The fourth-order valence-electron chi connectivity index (χ4n) is 2.49. The Bertz CT molecular complexity index is 785. The van der Waals surface area contributed by atoms with Gasteiger partial charge in [-0.25, -0.2) is 10.2 Å². The van der Waals surface area contributed by atoms with Gasteiger partial charge in [0.25, 0.3) is 5.91 Å². The van der Waals surface area contributed by atoms with E-state index in [0.717, 1.165) is 21.8 Å². The van der Waals surface area contributed by atoms with Crippen LogP contribution in [0.4, 0.5) is 4.79 Å². The first-order valence-electron chi connectivity index (χ1n) is 6.47. The van der Waals surface area contributed by atoms with Crippen LogP contribution in [0.5, 0.6) is 0 Å². The van der Waals surface area contributed by atoms with Crippen molar-refractivity contribution in [3.05, 3.63) is 48.5 Å². The average Bonchev–Trinajstić information content (AvgIpc) is 2.80. The summed E-state index contributed by atoms with van der Waals surface area (Å²) in [5, 5.41) is 2.17. The van der Waals surface area contributed by atoms with Crippen molar-refractivity contribution in [3.8, 4) is 0 Å². The summed E-state index contributed by atoms with van der Waals surface area (Å²) >= 11 is 0. The fourth-order valence-corrected chi connectivity index (χ4v) is 2.49. The Balaban J connectivity index is 2.03. The SMILES string of the molecule is NC(=O)NNC(=O)Cn1c2ccccc2c2ccccc21. The number of hydrazine groups is 1. The van der Waals surface area contributed by atoms with Crippen molar-refractivity contribution in [2.75, 3.05) is 0 Å². The van der Waals surface area contributed by atoms with Gasteiger partial charge in [0, 0.05) is 21.8 Å². The van der Waals surface area contributed by atoms with Crippen LogP contribution in [0.15, 0.2) is 48.5 Å². The number of carbonyl (C=O) groups is 2. The van der Waals surface area contributed by atoms with Crippen molar-refractivity contribution in [3.63, 3.8) is 0 Å². The predicted octanol–water partition coefficient (Wildman–Crippen LogP) is 1.49. The normalized spacial score (nSPS) is 10.7. The van der Waals surface area contributed by atoms with Gasteiger partial charge in [0.2, 0.25) is 0 Å². The maximum Gasteiger partial charge on any atom is 0.330 e. The molecular weight excluding hydrogens is 268 g/mol. The third kappa shape index (κ3) is 2.38. The van der Waals surface area contributed by atoms with Crippen molar-refractivity contribution in [1.29, 1.82) is 0 Å². The van der Waals surface area contributed by atoms with Crippen LogP contribution in [0, 0.1) is 0 Å². The zero-order valence-corrected chi connectivity index (χ0v) is 11.2. The molecule has 3 rings (SSSR count). The van der Waals surface area contributed by atoms with Crippen LogP contribution in [0.2, 0.25) is 0 Å². The monoisotopic (exact) mass is 282 g/mol. The standard InChI is InChI=1S/C15H14N4O2/c16-15(21)18-17-14(20)9-19-12-7-3-1-5-10(12)11-6-2-4-8-13(11)19/h1-8H,9H2,(H,17,20)(H3,16,18,21). The minimum absolute atomic E-state index is 0.0916. The molecule has 3 aromatic rings. The molecule has 0 saturated carbocycles. The number of urea groups is 1. The third-order valence-electron chi connectivity index (χ3n) is 3.31. The lowest BCUT2D eigenvalue weighted by atomic mass is 10.2. The molecule has 0 radical (unpaired) electrons. The van der Waals surface area contributed by atoms with Crippen molar-refractivity contribution in [1.82, 2.24) is 15.4 Å². The second-order valence-corrected chi connectivity index (χ2v) is 4.66. The number of rotatable bonds is 2. The van der Waals surface area contributed by atoms with Gasteiger partial charge in [0.1, 0.15) is 6.54 Å². The Morgan fingerprint density at radius 2 is 1.43 bits per heavy atom. The molecule has 4 N–H and O–H groups in total. The summed E-state index contributed by atoms with van der Waals surface area (Å²) in [6, 6.07) is 15.0. The number of para-hydroxylation sites is 2. The molecule has 0 aliphatic rings. The van der Waals surface area contributed by atoms with Crippen LogP contribution < -0.4 is 16.6 Å². The van der Waals surface area contributed by atoms with Gasteiger partial charge in [-0.15, -0.1) is 0 Å². The van der Waals surface area contributed by atoms with E-state index in [-0.39, 0.29) is 12.5 Å². The average molecular weight is 282 g/mol. The summed E-state index contributed by atoms with van der Waals surface area (Å²) in [5.41, 5.74) is 11.2. The molecule has 3 amide bonds. The summed E-state index contributed by atoms with van der Waals surface area (Å²) in [4.78, 5) is 22.5. The van der Waals surface area contributed by atoms with Gasteiger partial charge in [0.15, 0.2) is 0 Å². The lowest BCUT2D eigenvalue weighted by molar-refractivity contribution is -0.122. The highest BCUT2D eigenvalue weighted by Gasteiger charge is 2.12. The number of nitrogens with one attached hydrogen (secondary N) is 2. The second kappa shape index (κ2) is 5.16. The van der Waals surface area contributed by atoms with E-state index >= 15 is 0 Å². The molecule has 0 fully saturated rings.